The molecule has 0 aromatic heterocycles. The van der Waals surface area contributed by atoms with Gasteiger partial charge in [0, 0.05) is 5.92 Å². The van der Waals surface area contributed by atoms with Gasteiger partial charge in [-0.3, -0.25) is 0 Å². The molecule has 0 saturated carbocycles. The molecule has 8 heteroatoms. The summed E-state index contributed by atoms with van der Waals surface area (Å²) in [5, 5.41) is 5.71. The van der Waals surface area contributed by atoms with Gasteiger partial charge in [-0.2, -0.15) is 0 Å². The highest BCUT2D eigenvalue weighted by atomic mass is 16.6. The van der Waals surface area contributed by atoms with E-state index in [1.807, 2.05) is 54.6 Å². The predicted molar refractivity (Wildman–Crippen MR) is 135 cm³/mol. The smallest absolute Gasteiger partial charge is 0.407 e. The van der Waals surface area contributed by atoms with Crippen molar-refractivity contribution in [2.24, 2.45) is 0 Å². The number of fused-ring (bicyclic) bond motifs is 4. The molecule has 8 nitrogen and oxygen atoms in total. The highest BCUT2D eigenvalue weighted by Crippen LogP contribution is 2.44. The lowest BCUT2D eigenvalue weighted by Crippen LogP contribution is -2.47. The van der Waals surface area contributed by atoms with E-state index in [9.17, 15) is 9.59 Å². The molecule has 0 spiro atoms. The van der Waals surface area contributed by atoms with Crippen LogP contribution < -0.4 is 10.6 Å². The number of nitrogens with one attached hydrogen (secondary N) is 2. The first kappa shape index (κ1) is 23.5. The van der Waals surface area contributed by atoms with Gasteiger partial charge in [-0.15, -0.1) is 0 Å². The van der Waals surface area contributed by atoms with Crippen molar-refractivity contribution >= 4 is 12.2 Å². The highest BCUT2D eigenvalue weighted by Gasteiger charge is 2.49. The molecule has 0 radical (unpaired) electrons. The largest absolute Gasteiger partial charge is 0.449 e. The highest BCUT2D eigenvalue weighted by molar-refractivity contribution is 5.79. The van der Waals surface area contributed by atoms with E-state index in [2.05, 4.69) is 34.9 Å². The van der Waals surface area contributed by atoms with Crippen LogP contribution in [0.4, 0.5) is 9.59 Å². The van der Waals surface area contributed by atoms with E-state index in [0.717, 1.165) is 16.7 Å². The Morgan fingerprint density at radius 1 is 0.703 bits per heavy atom. The van der Waals surface area contributed by atoms with E-state index in [4.69, 9.17) is 18.9 Å². The molecule has 0 bridgehead atoms. The van der Waals surface area contributed by atoms with Crippen molar-refractivity contribution in [3.05, 3.63) is 95.6 Å². The zero-order valence-corrected chi connectivity index (χ0v) is 20.2. The molecule has 4 atom stereocenters. The Bertz CT molecular complexity index is 1240. The maximum atomic E-state index is 12.7. The van der Waals surface area contributed by atoms with E-state index in [0.29, 0.717) is 0 Å². The third kappa shape index (κ3) is 4.77. The van der Waals surface area contributed by atoms with Gasteiger partial charge in [-0.1, -0.05) is 78.9 Å². The van der Waals surface area contributed by atoms with Gasteiger partial charge < -0.3 is 29.6 Å². The number of carbonyl (C=O) groups excluding carboxylic acids is 2. The van der Waals surface area contributed by atoms with Gasteiger partial charge in [0.15, 0.2) is 0 Å². The zero-order chi connectivity index (χ0) is 25.2. The number of alkyl carbamates (subject to hydrolysis) is 2. The molecule has 2 saturated heterocycles. The minimum atomic E-state index is -0.533. The lowest BCUT2D eigenvalue weighted by atomic mass is 9.98. The second-order valence-corrected chi connectivity index (χ2v) is 9.48. The minimum Gasteiger partial charge on any atom is -0.449 e. The van der Waals surface area contributed by atoms with Crippen LogP contribution in [0.25, 0.3) is 11.1 Å². The summed E-state index contributed by atoms with van der Waals surface area (Å²) in [6.07, 6.45) is -1.80. The summed E-state index contributed by atoms with van der Waals surface area (Å²) >= 11 is 0. The lowest BCUT2D eigenvalue weighted by Gasteiger charge is -2.19. The van der Waals surface area contributed by atoms with E-state index in [-0.39, 0.29) is 56.6 Å². The third-order valence-corrected chi connectivity index (χ3v) is 7.22. The Kier molecular flexibility index (Phi) is 6.51. The van der Waals surface area contributed by atoms with Gasteiger partial charge >= 0.3 is 12.2 Å². The molecule has 2 N–H and O–H groups in total. The van der Waals surface area contributed by atoms with Gasteiger partial charge in [-0.25, -0.2) is 9.59 Å². The summed E-state index contributed by atoms with van der Waals surface area (Å²) in [5.74, 6) is -0.0102. The molecule has 6 rings (SSSR count). The first-order valence-corrected chi connectivity index (χ1v) is 12.5. The summed E-state index contributed by atoms with van der Waals surface area (Å²) in [4.78, 5) is 25.0. The number of rotatable bonds is 6. The standard InChI is InChI=1S/C29H28N2O6/c32-28(36-14-18-8-2-1-3-9-18)30-24-16-34-27-25(17-35-26(24)27)31-29(33)37-15-23-21-12-6-4-10-19(21)20-11-5-7-13-22(20)23/h1-13,23-27H,14-17H2,(H,30,32)(H,31,33). The van der Waals surface area contributed by atoms with Crippen LogP contribution >= 0.6 is 0 Å². The SMILES string of the molecule is O=C(NC1COC2C(NC(=O)OCC3c4ccccc4-c4ccccc43)COC12)OCc1ccccc1. The molecule has 3 aliphatic rings. The summed E-state index contributed by atoms with van der Waals surface area (Å²) in [7, 11) is 0. The van der Waals surface area contributed by atoms with Crippen molar-refractivity contribution in [3.63, 3.8) is 0 Å². The third-order valence-electron chi connectivity index (χ3n) is 7.22. The van der Waals surface area contributed by atoms with Gasteiger partial charge in [0.2, 0.25) is 0 Å². The second kappa shape index (κ2) is 10.2. The summed E-state index contributed by atoms with van der Waals surface area (Å²) in [6.45, 7) is 0.969. The molecular weight excluding hydrogens is 472 g/mol. The van der Waals surface area contributed by atoms with Crippen LogP contribution in [0, 0.1) is 0 Å². The van der Waals surface area contributed by atoms with Gasteiger partial charge in [0.1, 0.15) is 25.4 Å². The van der Waals surface area contributed by atoms with Crippen molar-refractivity contribution < 1.29 is 28.5 Å². The van der Waals surface area contributed by atoms with E-state index >= 15 is 0 Å². The Morgan fingerprint density at radius 2 is 1.22 bits per heavy atom. The van der Waals surface area contributed by atoms with Crippen molar-refractivity contribution in [3.8, 4) is 11.1 Å². The molecule has 1 aliphatic carbocycles. The molecular formula is C29H28N2O6. The predicted octanol–water partition coefficient (Wildman–Crippen LogP) is 3.99. The number of hydrogen-bond donors (Lipinski definition) is 2. The Morgan fingerprint density at radius 3 is 1.81 bits per heavy atom. The fourth-order valence-electron chi connectivity index (χ4n) is 5.45. The van der Waals surface area contributed by atoms with E-state index < -0.39 is 12.2 Å². The topological polar surface area (TPSA) is 95.1 Å². The minimum absolute atomic E-state index is 0.0102. The van der Waals surface area contributed by atoms with E-state index in [1.54, 1.807) is 0 Å². The maximum Gasteiger partial charge on any atom is 0.407 e. The summed E-state index contributed by atoms with van der Waals surface area (Å²) in [5.41, 5.74) is 5.59. The normalized spacial score (nSPS) is 23.6. The van der Waals surface area contributed by atoms with Crippen LogP contribution in [-0.2, 0) is 25.6 Å². The molecule has 2 heterocycles. The molecule has 3 aromatic rings. The van der Waals surface area contributed by atoms with Crippen LogP contribution in [0.1, 0.15) is 22.6 Å². The monoisotopic (exact) mass is 500 g/mol. The fourth-order valence-corrected chi connectivity index (χ4v) is 5.45. The van der Waals surface area contributed by atoms with Crippen molar-refractivity contribution in [1.82, 2.24) is 10.6 Å². The number of ether oxygens (including phenoxy) is 4. The quantitative estimate of drug-likeness (QED) is 0.532. The number of benzene rings is 3. The van der Waals surface area contributed by atoms with Crippen molar-refractivity contribution in [2.75, 3.05) is 19.8 Å². The molecule has 190 valence electrons. The average molecular weight is 501 g/mol. The molecule has 3 aromatic carbocycles. The van der Waals surface area contributed by atoms with Crippen LogP contribution in [-0.4, -0.2) is 56.3 Å². The Labute approximate surface area is 214 Å². The number of carbonyl (C=O) groups is 2. The number of amides is 2. The second-order valence-electron chi connectivity index (χ2n) is 9.48. The first-order valence-electron chi connectivity index (χ1n) is 12.5. The van der Waals surface area contributed by atoms with Crippen LogP contribution in [0.2, 0.25) is 0 Å². The van der Waals surface area contributed by atoms with Crippen LogP contribution in [0.5, 0.6) is 0 Å². The first-order chi connectivity index (χ1) is 18.2. The summed E-state index contributed by atoms with van der Waals surface area (Å²) < 4.78 is 22.7. The van der Waals surface area contributed by atoms with Crippen molar-refractivity contribution in [1.29, 1.82) is 0 Å². The van der Waals surface area contributed by atoms with Crippen LogP contribution in [0.15, 0.2) is 78.9 Å². The van der Waals surface area contributed by atoms with Gasteiger partial charge in [0.05, 0.1) is 25.3 Å². The zero-order valence-electron chi connectivity index (χ0n) is 20.2. The van der Waals surface area contributed by atoms with Gasteiger partial charge in [-0.05, 0) is 27.8 Å². The molecule has 2 fully saturated rings. The Balaban J connectivity index is 1.00. The van der Waals surface area contributed by atoms with Gasteiger partial charge in [0.25, 0.3) is 0 Å². The number of hydrogen-bond acceptors (Lipinski definition) is 6. The fraction of sp³-hybridized carbons (Fsp3) is 0.310. The van der Waals surface area contributed by atoms with Crippen molar-refractivity contribution in [2.45, 2.75) is 36.8 Å². The average Bonchev–Trinajstić information content (AvgIpc) is 3.61. The Hall–Kier alpha value is -3.88. The summed E-state index contributed by atoms with van der Waals surface area (Å²) in [6, 6.07) is 25.2. The lowest BCUT2D eigenvalue weighted by molar-refractivity contribution is 0.0637. The maximum absolute atomic E-state index is 12.7. The molecule has 4 unspecified atom stereocenters. The van der Waals surface area contributed by atoms with E-state index in [1.165, 1.54) is 11.1 Å². The molecule has 37 heavy (non-hydrogen) atoms. The van der Waals surface area contributed by atoms with Crippen LogP contribution in [0.3, 0.4) is 0 Å². The molecule has 2 aliphatic heterocycles. The molecule has 2 amide bonds.